The Balaban J connectivity index is 1.77. The van der Waals surface area contributed by atoms with Crippen LogP contribution < -0.4 is 4.84 Å². The topological polar surface area (TPSA) is 99.4 Å². The normalized spacial score (nSPS) is 38.0. The Morgan fingerprint density at radius 2 is 2.21 bits per heavy atom. The third-order valence-corrected chi connectivity index (χ3v) is 2.81. The molecule has 0 bridgehead atoms. The summed E-state index contributed by atoms with van der Waals surface area (Å²) < 4.78 is 38.8. The largest absolute Gasteiger partial charge is 0.534 e. The van der Waals surface area contributed by atoms with Crippen LogP contribution >= 0.6 is 0 Å². The zero-order chi connectivity index (χ0) is 16.1. The third kappa shape index (κ3) is 2.20. The summed E-state index contributed by atoms with van der Waals surface area (Å²) in [6, 6.07) is 2.13. The second-order valence-corrected chi connectivity index (χ2v) is 4.01. The first kappa shape index (κ1) is 9.05. The quantitative estimate of drug-likeness (QED) is 0.744. The van der Waals surface area contributed by atoms with Gasteiger partial charge in [-0.1, -0.05) is 0 Å². The fourth-order valence-electron chi connectivity index (χ4n) is 1.90. The summed E-state index contributed by atoms with van der Waals surface area (Å²) in [5.74, 6) is -1.95. The minimum Gasteiger partial charge on any atom is -0.492 e. The van der Waals surface area contributed by atoms with Crippen molar-refractivity contribution in [2.75, 3.05) is 13.2 Å². The molecule has 104 valence electrons. The van der Waals surface area contributed by atoms with E-state index in [9.17, 15) is 15.0 Å². The van der Waals surface area contributed by atoms with E-state index < -0.39 is 42.8 Å². The molecule has 2 aliphatic rings. The van der Waals surface area contributed by atoms with Crippen LogP contribution in [0.2, 0.25) is 0 Å². The van der Waals surface area contributed by atoms with Crippen LogP contribution in [0.5, 0.6) is 11.8 Å². The molecular formula is C11H13NO7. The van der Waals surface area contributed by atoms with Crippen molar-refractivity contribution in [1.82, 2.24) is 4.73 Å². The highest BCUT2D eigenvalue weighted by Crippen LogP contribution is 2.33. The van der Waals surface area contributed by atoms with Gasteiger partial charge in [-0.15, -0.1) is 4.73 Å². The van der Waals surface area contributed by atoms with E-state index in [0.717, 1.165) is 12.1 Å². The highest BCUT2D eigenvalue weighted by molar-refractivity contribution is 5.61. The molecule has 0 aliphatic carbocycles. The minimum atomic E-state index is -2.59. The number of carbonyl (C=O) groups is 1. The predicted octanol–water partition coefficient (Wildman–Crippen LogP) is 0.226. The number of aromatic hydroxyl groups is 2. The molecule has 2 N–H and O–H groups in total. The van der Waals surface area contributed by atoms with Gasteiger partial charge in [0.25, 0.3) is 0 Å². The van der Waals surface area contributed by atoms with Crippen LogP contribution in [0.1, 0.15) is 10.5 Å². The number of nitrogens with zero attached hydrogens (tertiary/aromatic N) is 1. The fourth-order valence-corrected chi connectivity index (χ4v) is 1.90. The van der Waals surface area contributed by atoms with Crippen LogP contribution in [-0.4, -0.2) is 46.6 Å². The number of carbonyl (C=O) groups excluding carboxylic acids is 1. The Labute approximate surface area is 112 Å². The summed E-state index contributed by atoms with van der Waals surface area (Å²) in [6.07, 6.45) is -4.55. The maximum absolute atomic E-state index is 11.8. The van der Waals surface area contributed by atoms with E-state index in [1.807, 2.05) is 0 Å². The first-order valence-corrected chi connectivity index (χ1v) is 5.55. The Kier molecular flexibility index (Phi) is 2.21. The first-order chi connectivity index (χ1) is 10.2. The van der Waals surface area contributed by atoms with Gasteiger partial charge in [-0.2, -0.15) is 0 Å². The maximum Gasteiger partial charge on any atom is 0.534 e. The number of ether oxygens (including phenoxy) is 3. The molecule has 0 saturated carbocycles. The van der Waals surface area contributed by atoms with Gasteiger partial charge in [0, 0.05) is 12.1 Å². The second kappa shape index (κ2) is 4.63. The Morgan fingerprint density at radius 1 is 1.47 bits per heavy atom. The fraction of sp³-hybridized carbons (Fsp3) is 0.545. The van der Waals surface area contributed by atoms with E-state index in [2.05, 4.69) is 4.84 Å². The minimum absolute atomic E-state index is 0.254. The van der Waals surface area contributed by atoms with E-state index in [-0.39, 0.29) is 13.0 Å². The van der Waals surface area contributed by atoms with Crippen molar-refractivity contribution in [2.24, 2.45) is 5.92 Å². The van der Waals surface area contributed by atoms with E-state index in [1.54, 1.807) is 0 Å². The number of rotatable bonds is 2. The molecule has 3 rings (SSSR count). The monoisotopic (exact) mass is 274 g/mol. The van der Waals surface area contributed by atoms with Gasteiger partial charge in [-0.25, -0.2) is 4.79 Å². The molecule has 8 heteroatoms. The van der Waals surface area contributed by atoms with Crippen molar-refractivity contribution in [2.45, 2.75) is 18.8 Å². The Hall–Kier alpha value is -1.93. The van der Waals surface area contributed by atoms with Crippen LogP contribution in [0.25, 0.3) is 0 Å². The molecule has 0 aromatic carbocycles. The lowest BCUT2D eigenvalue weighted by Gasteiger charge is -2.15. The lowest BCUT2D eigenvalue weighted by molar-refractivity contribution is -0.0908. The summed E-state index contributed by atoms with van der Waals surface area (Å²) in [7, 11) is 0. The molecule has 3 atom stereocenters. The zero-order valence-corrected chi connectivity index (χ0v) is 9.61. The van der Waals surface area contributed by atoms with Gasteiger partial charge in [0.2, 0.25) is 11.8 Å². The van der Waals surface area contributed by atoms with Gasteiger partial charge in [-0.3, -0.25) is 4.84 Å². The molecule has 0 radical (unpaired) electrons. The summed E-state index contributed by atoms with van der Waals surface area (Å²) >= 11 is 0. The van der Waals surface area contributed by atoms with Gasteiger partial charge >= 0.3 is 6.16 Å². The number of hydrogen-bond acceptors (Lipinski definition) is 7. The van der Waals surface area contributed by atoms with Gasteiger partial charge in [0.1, 0.15) is 6.08 Å². The average Bonchev–Trinajstić information content (AvgIpc) is 3.03. The molecule has 8 nitrogen and oxygen atoms in total. The van der Waals surface area contributed by atoms with Crippen LogP contribution in [0.3, 0.4) is 0 Å². The van der Waals surface area contributed by atoms with Crippen LogP contribution in [0.4, 0.5) is 4.79 Å². The second-order valence-electron chi connectivity index (χ2n) is 4.01. The van der Waals surface area contributed by atoms with Crippen molar-refractivity contribution in [3.63, 3.8) is 0 Å². The van der Waals surface area contributed by atoms with Crippen molar-refractivity contribution in [1.29, 1.82) is 0 Å². The van der Waals surface area contributed by atoms with E-state index in [1.165, 1.54) is 0 Å². The highest BCUT2D eigenvalue weighted by atomic mass is 16.8. The Bertz CT molecular complexity index is 587. The van der Waals surface area contributed by atoms with E-state index in [4.69, 9.17) is 18.3 Å². The number of fused-ring (bicyclic) bond motifs is 1. The van der Waals surface area contributed by atoms with Crippen LogP contribution in [0, 0.1) is 5.92 Å². The number of aromatic nitrogens is 1. The van der Waals surface area contributed by atoms with Crippen LogP contribution in [0.15, 0.2) is 12.1 Å². The SMILES string of the molecule is [2H]C1([2H])O[C@H]2OCC[C@H]2[C@]1([2H])OC(=O)On1c(O)ccc1O. The maximum atomic E-state index is 11.8. The third-order valence-electron chi connectivity index (χ3n) is 2.81. The molecule has 0 amide bonds. The lowest BCUT2D eigenvalue weighted by atomic mass is 10.0. The average molecular weight is 274 g/mol. The molecule has 2 aliphatic heterocycles. The molecule has 1 aromatic rings. The zero-order valence-electron chi connectivity index (χ0n) is 12.6. The molecule has 1 aromatic heterocycles. The van der Waals surface area contributed by atoms with Crippen LogP contribution in [-0.2, 0) is 14.2 Å². The summed E-state index contributed by atoms with van der Waals surface area (Å²) in [4.78, 5) is 16.3. The van der Waals surface area contributed by atoms with E-state index >= 15 is 0 Å². The summed E-state index contributed by atoms with van der Waals surface area (Å²) in [5, 5.41) is 18.7. The predicted molar refractivity (Wildman–Crippen MR) is 58.4 cm³/mol. The molecule has 2 saturated heterocycles. The van der Waals surface area contributed by atoms with Crippen molar-refractivity contribution >= 4 is 6.16 Å². The van der Waals surface area contributed by atoms with Crippen molar-refractivity contribution < 1.29 is 38.2 Å². The van der Waals surface area contributed by atoms with Gasteiger partial charge < -0.3 is 24.4 Å². The lowest BCUT2D eigenvalue weighted by Crippen LogP contribution is -2.30. The van der Waals surface area contributed by atoms with Crippen molar-refractivity contribution in [3.05, 3.63) is 12.1 Å². The molecule has 0 unspecified atom stereocenters. The van der Waals surface area contributed by atoms with Gasteiger partial charge in [0.15, 0.2) is 6.29 Å². The molecular weight excluding hydrogens is 258 g/mol. The first-order valence-electron chi connectivity index (χ1n) is 7.05. The van der Waals surface area contributed by atoms with Crippen molar-refractivity contribution in [3.8, 4) is 11.8 Å². The van der Waals surface area contributed by atoms with E-state index in [0.29, 0.717) is 4.73 Å². The molecule has 2 fully saturated rings. The molecule has 3 heterocycles. The summed E-state index contributed by atoms with van der Waals surface area (Å²) in [5.41, 5.74) is 0. The standard InChI is InChI=1S/C11H13NO7/c13-8-1-2-9(14)12(8)19-11(15)18-7-5-17-10-6(7)3-4-16-10/h1-2,6-7,10,13-14H,3-5H2/t6-,7+,10+/m0/s1/i5D2,7D. The van der Waals surface area contributed by atoms with Gasteiger partial charge in [0.05, 0.1) is 23.2 Å². The smallest absolute Gasteiger partial charge is 0.492 e. The Morgan fingerprint density at radius 3 is 2.95 bits per heavy atom. The highest BCUT2D eigenvalue weighted by Gasteiger charge is 2.44. The number of hydrogen-bond donors (Lipinski definition) is 2. The molecule has 19 heavy (non-hydrogen) atoms. The van der Waals surface area contributed by atoms with Gasteiger partial charge in [-0.05, 0) is 6.42 Å². The molecule has 0 spiro atoms. The summed E-state index contributed by atoms with van der Waals surface area (Å²) in [6.45, 7) is -2.34.